The topological polar surface area (TPSA) is 97.0 Å². The molecule has 2 aliphatic heterocycles. The Labute approximate surface area is 210 Å². The van der Waals surface area contributed by atoms with Gasteiger partial charge in [0.05, 0.1) is 24.1 Å². The van der Waals surface area contributed by atoms with E-state index in [0.717, 1.165) is 5.56 Å². The number of amides is 3. The largest absolute Gasteiger partial charge is 0.490 e. The van der Waals surface area contributed by atoms with Crippen molar-refractivity contribution in [2.45, 2.75) is 57.9 Å². The molecule has 0 saturated carbocycles. The van der Waals surface area contributed by atoms with E-state index in [1.165, 1.54) is 12.1 Å². The fourth-order valence-corrected chi connectivity index (χ4v) is 4.47. The summed E-state index contributed by atoms with van der Waals surface area (Å²) >= 11 is 0. The van der Waals surface area contributed by atoms with Gasteiger partial charge in [-0.3, -0.25) is 14.4 Å². The van der Waals surface area contributed by atoms with Crippen LogP contribution in [0.3, 0.4) is 0 Å². The molecule has 2 aliphatic rings. The SMILES string of the molecule is CC(C)C(=O)Nc1ccc2c(c1)C(=O)N(C)[C@H]1CC[C@H](CC(=O)NCc3ccc(F)cc3)O[C@@H]1CO2. The van der Waals surface area contributed by atoms with E-state index in [1.807, 2.05) is 0 Å². The van der Waals surface area contributed by atoms with Gasteiger partial charge in [-0.2, -0.15) is 0 Å². The van der Waals surface area contributed by atoms with Gasteiger partial charge in [-0.15, -0.1) is 0 Å². The van der Waals surface area contributed by atoms with Crippen molar-refractivity contribution < 1.29 is 28.2 Å². The van der Waals surface area contributed by atoms with Crippen LogP contribution in [0, 0.1) is 11.7 Å². The number of nitrogens with zero attached hydrogens (tertiary/aromatic N) is 1. The molecule has 36 heavy (non-hydrogen) atoms. The molecule has 2 heterocycles. The van der Waals surface area contributed by atoms with Crippen LogP contribution >= 0.6 is 0 Å². The lowest BCUT2D eigenvalue weighted by atomic mass is 9.94. The summed E-state index contributed by atoms with van der Waals surface area (Å²) in [6, 6.07) is 10.8. The van der Waals surface area contributed by atoms with Gasteiger partial charge >= 0.3 is 0 Å². The van der Waals surface area contributed by atoms with E-state index in [1.54, 1.807) is 56.1 Å². The number of carbonyl (C=O) groups excluding carboxylic acids is 3. The number of fused-ring (bicyclic) bond motifs is 2. The fraction of sp³-hybridized carbons (Fsp3) is 0.444. The Balaban J connectivity index is 1.38. The average molecular weight is 498 g/mol. The molecule has 3 atom stereocenters. The van der Waals surface area contributed by atoms with E-state index in [0.29, 0.717) is 36.4 Å². The van der Waals surface area contributed by atoms with Gasteiger partial charge in [-0.1, -0.05) is 26.0 Å². The second kappa shape index (κ2) is 11.1. The van der Waals surface area contributed by atoms with E-state index in [-0.39, 0.29) is 60.7 Å². The monoisotopic (exact) mass is 497 g/mol. The van der Waals surface area contributed by atoms with Crippen molar-refractivity contribution in [1.29, 1.82) is 0 Å². The zero-order valence-corrected chi connectivity index (χ0v) is 20.8. The van der Waals surface area contributed by atoms with Crippen LogP contribution in [0.15, 0.2) is 42.5 Å². The second-order valence-corrected chi connectivity index (χ2v) is 9.63. The maximum Gasteiger partial charge on any atom is 0.257 e. The number of anilines is 1. The van der Waals surface area contributed by atoms with Crippen LogP contribution in [-0.2, 0) is 20.9 Å². The molecule has 0 radical (unpaired) electrons. The summed E-state index contributed by atoms with van der Waals surface area (Å²) in [6.45, 7) is 4.16. The summed E-state index contributed by atoms with van der Waals surface area (Å²) in [5.74, 6) is -0.563. The van der Waals surface area contributed by atoms with Crippen LogP contribution in [0.4, 0.5) is 10.1 Å². The maximum atomic E-state index is 13.3. The number of likely N-dealkylation sites (N-methyl/N-ethyl adjacent to an activating group) is 1. The molecular formula is C27H32FN3O5. The zero-order valence-electron chi connectivity index (χ0n) is 20.8. The summed E-state index contributed by atoms with van der Waals surface area (Å²) in [5.41, 5.74) is 1.75. The average Bonchev–Trinajstić information content (AvgIpc) is 2.86. The number of carbonyl (C=O) groups is 3. The van der Waals surface area contributed by atoms with Gasteiger partial charge in [0.25, 0.3) is 5.91 Å². The highest BCUT2D eigenvalue weighted by Crippen LogP contribution is 2.32. The van der Waals surface area contributed by atoms with Crippen molar-refractivity contribution in [3.63, 3.8) is 0 Å². The van der Waals surface area contributed by atoms with Crippen molar-refractivity contribution in [2.24, 2.45) is 5.92 Å². The van der Waals surface area contributed by atoms with E-state index >= 15 is 0 Å². The minimum absolute atomic E-state index is 0.129. The summed E-state index contributed by atoms with van der Waals surface area (Å²) in [7, 11) is 1.74. The molecule has 1 saturated heterocycles. The summed E-state index contributed by atoms with van der Waals surface area (Å²) < 4.78 is 25.2. The van der Waals surface area contributed by atoms with Crippen LogP contribution in [0.25, 0.3) is 0 Å². The highest BCUT2D eigenvalue weighted by Gasteiger charge is 2.39. The van der Waals surface area contributed by atoms with Gasteiger partial charge in [0.2, 0.25) is 11.8 Å². The van der Waals surface area contributed by atoms with Crippen molar-refractivity contribution in [3.8, 4) is 5.75 Å². The third-order valence-corrected chi connectivity index (χ3v) is 6.62. The Morgan fingerprint density at radius 1 is 1.14 bits per heavy atom. The number of hydrogen-bond acceptors (Lipinski definition) is 5. The highest BCUT2D eigenvalue weighted by atomic mass is 19.1. The Morgan fingerprint density at radius 2 is 1.89 bits per heavy atom. The smallest absolute Gasteiger partial charge is 0.257 e. The number of ether oxygens (including phenoxy) is 2. The number of rotatable bonds is 6. The van der Waals surface area contributed by atoms with E-state index in [2.05, 4.69) is 10.6 Å². The van der Waals surface area contributed by atoms with Gasteiger partial charge < -0.3 is 25.0 Å². The van der Waals surface area contributed by atoms with Crippen LogP contribution in [0.1, 0.15) is 49.0 Å². The van der Waals surface area contributed by atoms with Crippen LogP contribution in [0.2, 0.25) is 0 Å². The lowest BCUT2D eigenvalue weighted by Gasteiger charge is -2.42. The van der Waals surface area contributed by atoms with Crippen molar-refractivity contribution in [2.75, 3.05) is 19.0 Å². The molecule has 8 nitrogen and oxygen atoms in total. The molecule has 2 aromatic carbocycles. The van der Waals surface area contributed by atoms with E-state index in [9.17, 15) is 18.8 Å². The van der Waals surface area contributed by atoms with Gasteiger partial charge in [0, 0.05) is 25.2 Å². The molecule has 0 aromatic heterocycles. The van der Waals surface area contributed by atoms with E-state index < -0.39 is 0 Å². The minimum atomic E-state index is -0.379. The molecule has 3 amide bonds. The molecule has 4 rings (SSSR count). The number of hydrogen-bond donors (Lipinski definition) is 2. The van der Waals surface area contributed by atoms with Gasteiger partial charge in [-0.25, -0.2) is 4.39 Å². The zero-order chi connectivity index (χ0) is 25.8. The van der Waals surface area contributed by atoms with Crippen LogP contribution < -0.4 is 15.4 Å². The molecule has 0 bridgehead atoms. The lowest BCUT2D eigenvalue weighted by molar-refractivity contribution is -0.134. The number of halogens is 1. The predicted octanol–water partition coefficient (Wildman–Crippen LogP) is 3.51. The first-order valence-corrected chi connectivity index (χ1v) is 12.2. The summed E-state index contributed by atoms with van der Waals surface area (Å²) in [4.78, 5) is 39.5. The van der Waals surface area contributed by atoms with Crippen LogP contribution in [0.5, 0.6) is 5.75 Å². The molecule has 0 spiro atoms. The van der Waals surface area contributed by atoms with Gasteiger partial charge in [-0.05, 0) is 48.7 Å². The number of nitrogens with one attached hydrogen (secondary N) is 2. The Kier molecular flexibility index (Phi) is 7.88. The third kappa shape index (κ3) is 6.02. The molecular weight excluding hydrogens is 465 g/mol. The van der Waals surface area contributed by atoms with Gasteiger partial charge in [0.15, 0.2) is 0 Å². The maximum absolute atomic E-state index is 13.3. The second-order valence-electron chi connectivity index (χ2n) is 9.63. The molecule has 0 unspecified atom stereocenters. The Hall–Kier alpha value is -3.46. The van der Waals surface area contributed by atoms with Crippen molar-refractivity contribution in [3.05, 3.63) is 59.4 Å². The normalized spacial score (nSPS) is 21.5. The molecule has 2 N–H and O–H groups in total. The summed E-state index contributed by atoms with van der Waals surface area (Å²) in [5, 5.41) is 5.67. The minimum Gasteiger partial charge on any atom is -0.490 e. The number of benzene rings is 2. The molecule has 9 heteroatoms. The van der Waals surface area contributed by atoms with Crippen LogP contribution in [-0.4, -0.2) is 54.5 Å². The quantitative estimate of drug-likeness (QED) is 0.637. The fourth-order valence-electron chi connectivity index (χ4n) is 4.47. The first-order chi connectivity index (χ1) is 17.2. The first-order valence-electron chi connectivity index (χ1n) is 12.2. The summed E-state index contributed by atoms with van der Waals surface area (Å²) in [6.07, 6.45) is 0.818. The Morgan fingerprint density at radius 3 is 2.61 bits per heavy atom. The van der Waals surface area contributed by atoms with Crippen molar-refractivity contribution in [1.82, 2.24) is 10.2 Å². The highest BCUT2D eigenvalue weighted by molar-refractivity contribution is 6.00. The predicted molar refractivity (Wildman–Crippen MR) is 132 cm³/mol. The molecule has 2 aromatic rings. The third-order valence-electron chi connectivity index (χ3n) is 6.62. The van der Waals surface area contributed by atoms with Crippen molar-refractivity contribution >= 4 is 23.4 Å². The standard InChI is InChI=1S/C27H32FN3O5/c1-16(2)26(33)30-19-8-11-23-21(12-19)27(34)31(3)22-10-9-20(36-24(22)15-35-23)13-25(32)29-14-17-4-6-18(28)7-5-17/h4-8,11-12,16,20,22,24H,9-10,13-15H2,1-3H3,(H,29,32)(H,30,33)/t20-,22+,24-/m1/s1. The molecule has 0 aliphatic carbocycles. The first kappa shape index (κ1) is 25.6. The van der Waals surface area contributed by atoms with E-state index in [4.69, 9.17) is 9.47 Å². The van der Waals surface area contributed by atoms with Gasteiger partial charge in [0.1, 0.15) is 24.3 Å². The Bertz CT molecular complexity index is 1120. The molecule has 1 fully saturated rings. The lowest BCUT2D eigenvalue weighted by Crippen LogP contribution is -2.53. The molecule has 192 valence electrons.